The Labute approximate surface area is 243 Å². The van der Waals surface area contributed by atoms with Crippen molar-refractivity contribution < 1.29 is 28.7 Å². The minimum atomic E-state index is -0.648. The lowest BCUT2D eigenvalue weighted by atomic mass is 10.0. The van der Waals surface area contributed by atoms with Gasteiger partial charge in [0.25, 0.3) is 17.1 Å². The van der Waals surface area contributed by atoms with Crippen LogP contribution in [0.4, 0.5) is 10.5 Å². The van der Waals surface area contributed by atoms with Gasteiger partial charge in [0.1, 0.15) is 12.4 Å². The Hall–Kier alpha value is -4.37. The highest BCUT2D eigenvalue weighted by Crippen LogP contribution is 2.32. The Bertz CT molecular complexity index is 1480. The number of aryl methyl sites for hydroxylation is 2. The Balaban J connectivity index is 1.29. The van der Waals surface area contributed by atoms with Gasteiger partial charge in [0, 0.05) is 5.69 Å². The molecule has 1 aliphatic rings. The molecule has 3 aromatic carbocycles. The van der Waals surface area contributed by atoms with Crippen LogP contribution in [0.5, 0.6) is 5.75 Å². The number of hydrogen-bond acceptors (Lipinski definition) is 7. The van der Waals surface area contributed by atoms with Crippen LogP contribution in [0, 0.1) is 13.8 Å². The van der Waals surface area contributed by atoms with Crippen molar-refractivity contribution in [3.05, 3.63) is 99.5 Å². The molecule has 0 saturated carbocycles. The topological polar surface area (TPSA) is 102 Å². The number of benzene rings is 3. The van der Waals surface area contributed by atoms with Gasteiger partial charge in [-0.2, -0.15) is 0 Å². The monoisotopic (exact) mass is 572 g/mol. The zero-order valence-corrected chi connectivity index (χ0v) is 24.2. The lowest BCUT2D eigenvalue weighted by Gasteiger charge is -2.17. The number of rotatable bonds is 10. The third-order valence-electron chi connectivity index (χ3n) is 6.35. The van der Waals surface area contributed by atoms with Gasteiger partial charge >= 0.3 is 5.97 Å². The summed E-state index contributed by atoms with van der Waals surface area (Å²) >= 11 is 0.863. The largest absolute Gasteiger partial charge is 0.491 e. The minimum absolute atomic E-state index is 0.135. The summed E-state index contributed by atoms with van der Waals surface area (Å²) in [6.07, 6.45) is 1.60. The van der Waals surface area contributed by atoms with Crippen LogP contribution < -0.4 is 10.1 Å². The first-order chi connectivity index (χ1) is 19.6. The molecule has 0 aromatic heterocycles. The van der Waals surface area contributed by atoms with Crippen molar-refractivity contribution in [2.24, 2.45) is 0 Å². The first-order valence-corrected chi connectivity index (χ1v) is 14.0. The van der Waals surface area contributed by atoms with E-state index in [-0.39, 0.29) is 40.7 Å². The van der Waals surface area contributed by atoms with Crippen LogP contribution in [-0.4, -0.2) is 47.7 Å². The molecule has 0 atom stereocenters. The van der Waals surface area contributed by atoms with Crippen LogP contribution in [0.25, 0.3) is 6.08 Å². The van der Waals surface area contributed by atoms with E-state index in [1.807, 2.05) is 44.2 Å². The van der Waals surface area contributed by atoms with Crippen molar-refractivity contribution in [3.63, 3.8) is 0 Å². The van der Waals surface area contributed by atoms with Crippen LogP contribution in [0.2, 0.25) is 0 Å². The molecule has 3 aromatic rings. The van der Waals surface area contributed by atoms with Crippen LogP contribution in [0.15, 0.2) is 71.6 Å². The second-order valence-corrected chi connectivity index (χ2v) is 11.0. The molecule has 1 N–H and O–H groups in total. The van der Waals surface area contributed by atoms with E-state index in [0.29, 0.717) is 11.3 Å². The molecule has 41 heavy (non-hydrogen) atoms. The van der Waals surface area contributed by atoms with Crippen LogP contribution in [-0.2, 0) is 14.3 Å². The molecule has 0 unspecified atom stereocenters. The van der Waals surface area contributed by atoms with Crippen LogP contribution in [0.1, 0.15) is 52.4 Å². The number of nitrogens with zero attached hydrogens (tertiary/aromatic N) is 1. The quantitative estimate of drug-likeness (QED) is 0.223. The van der Waals surface area contributed by atoms with Gasteiger partial charge in [-0.1, -0.05) is 55.8 Å². The van der Waals surface area contributed by atoms with Crippen molar-refractivity contribution in [1.82, 2.24) is 4.90 Å². The van der Waals surface area contributed by atoms with Gasteiger partial charge in [-0.3, -0.25) is 19.3 Å². The molecule has 0 aliphatic carbocycles. The van der Waals surface area contributed by atoms with Gasteiger partial charge in [-0.15, -0.1) is 0 Å². The molecule has 0 radical (unpaired) electrons. The Morgan fingerprint density at radius 3 is 2.32 bits per heavy atom. The molecule has 1 aliphatic heterocycles. The number of amides is 3. The number of carbonyl (C=O) groups is 4. The summed E-state index contributed by atoms with van der Waals surface area (Å²) < 4.78 is 11.1. The maximum absolute atomic E-state index is 12.9. The molecule has 0 spiro atoms. The molecule has 9 heteroatoms. The van der Waals surface area contributed by atoms with Crippen molar-refractivity contribution in [1.29, 1.82) is 0 Å². The Kier molecular flexibility index (Phi) is 9.62. The summed E-state index contributed by atoms with van der Waals surface area (Å²) in [4.78, 5) is 51.4. The maximum Gasteiger partial charge on any atom is 0.338 e. The molecule has 1 fully saturated rings. The fourth-order valence-corrected chi connectivity index (χ4v) is 4.96. The molecule has 1 saturated heterocycles. The first kappa shape index (κ1) is 29.6. The predicted molar refractivity (Wildman–Crippen MR) is 160 cm³/mol. The molecule has 1 heterocycles. The van der Waals surface area contributed by atoms with Crippen LogP contribution >= 0.6 is 11.8 Å². The smallest absolute Gasteiger partial charge is 0.338 e. The number of anilines is 1. The highest BCUT2D eigenvalue weighted by molar-refractivity contribution is 8.18. The van der Waals surface area contributed by atoms with E-state index in [2.05, 4.69) is 19.2 Å². The number of ether oxygens (including phenoxy) is 2. The number of hydrogen-bond donors (Lipinski definition) is 1. The average molecular weight is 573 g/mol. The van der Waals surface area contributed by atoms with Gasteiger partial charge in [0.2, 0.25) is 0 Å². The van der Waals surface area contributed by atoms with Gasteiger partial charge in [0.05, 0.1) is 17.0 Å². The van der Waals surface area contributed by atoms with Crippen molar-refractivity contribution >= 4 is 46.5 Å². The lowest BCUT2D eigenvalue weighted by Crippen LogP contribution is -2.32. The fraction of sp³-hybridized carbons (Fsp3) is 0.250. The van der Waals surface area contributed by atoms with E-state index in [1.54, 1.807) is 30.3 Å². The molecule has 8 nitrogen and oxygen atoms in total. The van der Waals surface area contributed by atoms with E-state index >= 15 is 0 Å². The third-order valence-corrected chi connectivity index (χ3v) is 7.26. The van der Waals surface area contributed by atoms with E-state index < -0.39 is 18.5 Å². The summed E-state index contributed by atoms with van der Waals surface area (Å²) in [5.41, 5.74) is 4.72. The van der Waals surface area contributed by atoms with E-state index in [9.17, 15) is 19.2 Å². The second-order valence-electron chi connectivity index (χ2n) is 9.99. The van der Waals surface area contributed by atoms with E-state index in [0.717, 1.165) is 34.2 Å². The number of nitrogens with one attached hydrogen (secondary N) is 1. The normalized spacial score (nSPS) is 14.1. The number of imide groups is 1. The second kappa shape index (κ2) is 13.3. The zero-order valence-electron chi connectivity index (χ0n) is 23.4. The van der Waals surface area contributed by atoms with Gasteiger partial charge < -0.3 is 14.8 Å². The summed E-state index contributed by atoms with van der Waals surface area (Å²) in [6, 6.07) is 19.7. The Morgan fingerprint density at radius 2 is 1.63 bits per heavy atom. The SMILES string of the molecule is Cc1ccc(NC(=O)COC(=O)c2ccc(/C=C3\SC(=O)N(CCOc4cc(C)ccc4C(C)C)C3=O)cc2)cc1. The molecular formula is C32H32N2O6S. The molecule has 0 bridgehead atoms. The van der Waals surface area contributed by atoms with E-state index in [1.165, 1.54) is 17.0 Å². The average Bonchev–Trinajstić information content (AvgIpc) is 3.20. The lowest BCUT2D eigenvalue weighted by molar-refractivity contribution is -0.123. The zero-order chi connectivity index (χ0) is 29.5. The number of carbonyl (C=O) groups excluding carboxylic acids is 4. The van der Waals surface area contributed by atoms with Gasteiger partial charge in [0.15, 0.2) is 6.61 Å². The summed E-state index contributed by atoms with van der Waals surface area (Å²) in [5.74, 6) is -0.445. The summed E-state index contributed by atoms with van der Waals surface area (Å²) in [5, 5.41) is 2.31. The highest BCUT2D eigenvalue weighted by Gasteiger charge is 2.34. The maximum atomic E-state index is 12.9. The van der Waals surface area contributed by atoms with Crippen LogP contribution in [0.3, 0.4) is 0 Å². The molecule has 3 amide bonds. The van der Waals surface area contributed by atoms with Crippen molar-refractivity contribution in [3.8, 4) is 5.75 Å². The summed E-state index contributed by atoms with van der Waals surface area (Å²) in [6.45, 7) is 8.00. The number of esters is 1. The number of thioether (sulfide) groups is 1. The summed E-state index contributed by atoms with van der Waals surface area (Å²) in [7, 11) is 0. The van der Waals surface area contributed by atoms with E-state index in [4.69, 9.17) is 9.47 Å². The van der Waals surface area contributed by atoms with Gasteiger partial charge in [-0.05, 0) is 84.6 Å². The minimum Gasteiger partial charge on any atom is -0.491 e. The van der Waals surface area contributed by atoms with Gasteiger partial charge in [-0.25, -0.2) is 4.79 Å². The predicted octanol–water partition coefficient (Wildman–Crippen LogP) is 6.34. The molecule has 212 valence electrons. The first-order valence-electron chi connectivity index (χ1n) is 13.2. The third kappa shape index (κ3) is 7.85. The highest BCUT2D eigenvalue weighted by atomic mass is 32.2. The Morgan fingerprint density at radius 1 is 0.951 bits per heavy atom. The standard InChI is InChI=1S/C32H32N2O6S/c1-20(2)26-14-7-22(4)17-27(26)39-16-15-34-30(36)28(41-32(34)38)18-23-8-10-24(11-9-23)31(37)40-19-29(35)33-25-12-5-21(3)6-13-25/h5-14,17-18,20H,15-16,19H2,1-4H3,(H,33,35)/b28-18-. The van der Waals surface area contributed by atoms with Crippen molar-refractivity contribution in [2.45, 2.75) is 33.6 Å². The molecule has 4 rings (SSSR count). The molecular weight excluding hydrogens is 540 g/mol. The fourth-order valence-electron chi connectivity index (χ4n) is 4.10. The van der Waals surface area contributed by atoms with Crippen molar-refractivity contribution in [2.75, 3.05) is 25.1 Å².